The summed E-state index contributed by atoms with van der Waals surface area (Å²) in [4.78, 5) is 4.11. The van der Waals surface area contributed by atoms with Crippen LogP contribution in [0.15, 0.2) is 36.7 Å². The molecule has 3 heteroatoms. The smallest absolute Gasteiger partial charge is 0.108 e. The molecule has 1 saturated carbocycles. The minimum absolute atomic E-state index is 0.638. The number of fused-ring (bicyclic) bond motifs is 1. The molecule has 0 saturated heterocycles. The van der Waals surface area contributed by atoms with E-state index in [9.17, 15) is 10.2 Å². The molecule has 2 N–H and O–H groups in total. The molecule has 0 bridgehead atoms. The third-order valence-electron chi connectivity index (χ3n) is 4.66. The molecule has 1 atom stereocenters. The van der Waals surface area contributed by atoms with Crippen molar-refractivity contribution in [1.29, 1.82) is 0 Å². The number of aliphatic hydroxyl groups excluding tert-OH is 1. The Bertz CT molecular complexity index is 597. The largest absolute Gasteiger partial charge is 0.387 e. The molecule has 3 rings (SSSR count). The summed E-state index contributed by atoms with van der Waals surface area (Å²) in [5, 5.41) is 23.5. The Labute approximate surface area is 119 Å². The van der Waals surface area contributed by atoms with Gasteiger partial charge < -0.3 is 10.2 Å². The third kappa shape index (κ3) is 2.32. The Balaban J connectivity index is 1.98. The predicted octanol–water partition coefficient (Wildman–Crippen LogP) is 3.21. The molecule has 1 aliphatic carbocycles. The average Bonchev–Trinajstić information content (AvgIpc) is 2.49. The SMILES string of the molecule is CC1CCC(O)(C(O)c2cccc3cnccc23)CC1. The molecule has 106 valence electrons. The lowest BCUT2D eigenvalue weighted by molar-refractivity contribution is -0.105. The van der Waals surface area contributed by atoms with E-state index in [1.165, 1.54) is 0 Å². The normalized spacial score (nSPS) is 28.4. The second kappa shape index (κ2) is 5.15. The molecular weight excluding hydrogens is 250 g/mol. The van der Waals surface area contributed by atoms with Crippen LogP contribution < -0.4 is 0 Å². The zero-order valence-corrected chi connectivity index (χ0v) is 11.8. The van der Waals surface area contributed by atoms with E-state index >= 15 is 0 Å². The van der Waals surface area contributed by atoms with Crippen LogP contribution in [0.4, 0.5) is 0 Å². The third-order valence-corrected chi connectivity index (χ3v) is 4.66. The highest BCUT2D eigenvalue weighted by Crippen LogP contribution is 2.41. The van der Waals surface area contributed by atoms with Crippen LogP contribution >= 0.6 is 0 Å². The molecule has 0 spiro atoms. The summed E-state index contributed by atoms with van der Waals surface area (Å²) in [6, 6.07) is 7.70. The van der Waals surface area contributed by atoms with Crippen LogP contribution in [0.2, 0.25) is 0 Å². The lowest BCUT2D eigenvalue weighted by Crippen LogP contribution is -2.40. The number of rotatable bonds is 2. The lowest BCUT2D eigenvalue weighted by atomic mass is 9.74. The van der Waals surface area contributed by atoms with E-state index in [1.807, 2.05) is 24.3 Å². The molecule has 0 radical (unpaired) electrons. The molecule has 0 aliphatic heterocycles. The number of hydrogen-bond donors (Lipinski definition) is 2. The van der Waals surface area contributed by atoms with Crippen molar-refractivity contribution < 1.29 is 10.2 Å². The van der Waals surface area contributed by atoms with Gasteiger partial charge in [-0.05, 0) is 48.6 Å². The molecule has 1 aromatic carbocycles. The second-order valence-electron chi connectivity index (χ2n) is 6.13. The van der Waals surface area contributed by atoms with E-state index in [0.29, 0.717) is 18.8 Å². The minimum Gasteiger partial charge on any atom is -0.387 e. The van der Waals surface area contributed by atoms with Crippen molar-refractivity contribution in [3.05, 3.63) is 42.2 Å². The molecular formula is C17H21NO2. The van der Waals surface area contributed by atoms with E-state index in [1.54, 1.807) is 12.4 Å². The minimum atomic E-state index is -0.996. The first-order chi connectivity index (χ1) is 9.60. The van der Waals surface area contributed by atoms with Gasteiger partial charge in [-0.25, -0.2) is 0 Å². The summed E-state index contributed by atoms with van der Waals surface area (Å²) < 4.78 is 0. The van der Waals surface area contributed by atoms with Gasteiger partial charge in [0.25, 0.3) is 0 Å². The molecule has 20 heavy (non-hydrogen) atoms. The van der Waals surface area contributed by atoms with Gasteiger partial charge in [-0.1, -0.05) is 25.1 Å². The maximum atomic E-state index is 10.8. The summed E-state index contributed by atoms with van der Waals surface area (Å²) >= 11 is 0. The fourth-order valence-corrected chi connectivity index (χ4v) is 3.21. The van der Waals surface area contributed by atoms with Gasteiger partial charge in [0, 0.05) is 17.8 Å². The predicted molar refractivity (Wildman–Crippen MR) is 79.3 cm³/mol. The van der Waals surface area contributed by atoms with Gasteiger partial charge in [0.2, 0.25) is 0 Å². The molecule has 1 fully saturated rings. The van der Waals surface area contributed by atoms with Crippen LogP contribution in [-0.4, -0.2) is 20.8 Å². The van der Waals surface area contributed by atoms with Crippen LogP contribution in [0.5, 0.6) is 0 Å². The highest BCUT2D eigenvalue weighted by molar-refractivity contribution is 5.85. The van der Waals surface area contributed by atoms with Gasteiger partial charge in [-0.15, -0.1) is 0 Å². The molecule has 1 heterocycles. The van der Waals surface area contributed by atoms with Gasteiger partial charge in [0.05, 0.1) is 5.60 Å². The number of pyridine rings is 1. The number of aliphatic hydroxyl groups is 2. The van der Waals surface area contributed by atoms with Crippen molar-refractivity contribution in [1.82, 2.24) is 4.98 Å². The van der Waals surface area contributed by atoms with E-state index in [-0.39, 0.29) is 0 Å². The molecule has 1 unspecified atom stereocenters. The zero-order chi connectivity index (χ0) is 14.2. The molecule has 1 aliphatic rings. The van der Waals surface area contributed by atoms with Crippen LogP contribution in [0.1, 0.15) is 44.3 Å². The highest BCUT2D eigenvalue weighted by Gasteiger charge is 2.39. The monoisotopic (exact) mass is 271 g/mol. The number of benzene rings is 1. The molecule has 2 aromatic rings. The van der Waals surface area contributed by atoms with Crippen molar-refractivity contribution in [2.24, 2.45) is 5.92 Å². The summed E-state index contributed by atoms with van der Waals surface area (Å²) in [6.45, 7) is 2.20. The highest BCUT2D eigenvalue weighted by atomic mass is 16.3. The summed E-state index contributed by atoms with van der Waals surface area (Å²) in [5.41, 5.74) is -0.189. The number of hydrogen-bond acceptors (Lipinski definition) is 3. The van der Waals surface area contributed by atoms with E-state index < -0.39 is 11.7 Å². The van der Waals surface area contributed by atoms with Gasteiger partial charge in [-0.2, -0.15) is 0 Å². The van der Waals surface area contributed by atoms with Crippen LogP contribution in [0.3, 0.4) is 0 Å². The molecule has 3 nitrogen and oxygen atoms in total. The molecule has 1 aromatic heterocycles. The lowest BCUT2D eigenvalue weighted by Gasteiger charge is -2.39. The standard InChI is InChI=1S/C17H21NO2/c1-12-5-8-17(20,9-6-12)16(19)15-4-2-3-13-11-18-10-7-14(13)15/h2-4,7,10-12,16,19-20H,5-6,8-9H2,1H3. The number of aromatic nitrogens is 1. The van der Waals surface area contributed by atoms with Crippen molar-refractivity contribution in [2.45, 2.75) is 44.3 Å². The van der Waals surface area contributed by atoms with Crippen molar-refractivity contribution >= 4 is 10.8 Å². The van der Waals surface area contributed by atoms with Crippen LogP contribution in [0, 0.1) is 5.92 Å². The van der Waals surface area contributed by atoms with E-state index in [0.717, 1.165) is 29.2 Å². The topological polar surface area (TPSA) is 53.4 Å². The fourth-order valence-electron chi connectivity index (χ4n) is 3.21. The Morgan fingerprint density at radius 3 is 2.75 bits per heavy atom. The summed E-state index contributed by atoms with van der Waals surface area (Å²) in [5.74, 6) is 0.638. The Morgan fingerprint density at radius 2 is 2.00 bits per heavy atom. The number of nitrogens with zero attached hydrogens (tertiary/aromatic N) is 1. The first-order valence-corrected chi connectivity index (χ1v) is 7.33. The Hall–Kier alpha value is -1.45. The van der Waals surface area contributed by atoms with Crippen molar-refractivity contribution in [2.75, 3.05) is 0 Å². The Morgan fingerprint density at radius 1 is 1.25 bits per heavy atom. The van der Waals surface area contributed by atoms with Crippen LogP contribution in [-0.2, 0) is 0 Å². The van der Waals surface area contributed by atoms with Crippen molar-refractivity contribution in [3.63, 3.8) is 0 Å². The molecule has 0 amide bonds. The summed E-state index contributed by atoms with van der Waals surface area (Å²) in [6.07, 6.45) is 5.96. The maximum absolute atomic E-state index is 10.8. The van der Waals surface area contributed by atoms with Gasteiger partial charge in [0.15, 0.2) is 0 Å². The second-order valence-corrected chi connectivity index (χ2v) is 6.13. The average molecular weight is 271 g/mol. The zero-order valence-electron chi connectivity index (χ0n) is 11.8. The van der Waals surface area contributed by atoms with E-state index in [2.05, 4.69) is 11.9 Å². The van der Waals surface area contributed by atoms with Gasteiger partial charge in [0.1, 0.15) is 6.10 Å². The van der Waals surface area contributed by atoms with E-state index in [4.69, 9.17) is 0 Å². The maximum Gasteiger partial charge on any atom is 0.108 e. The first-order valence-electron chi connectivity index (χ1n) is 7.33. The summed E-state index contributed by atoms with van der Waals surface area (Å²) in [7, 11) is 0. The first kappa shape index (κ1) is 13.5. The quantitative estimate of drug-likeness (QED) is 0.882. The van der Waals surface area contributed by atoms with Gasteiger partial charge >= 0.3 is 0 Å². The Kier molecular flexibility index (Phi) is 3.48. The fraction of sp³-hybridized carbons (Fsp3) is 0.471. The van der Waals surface area contributed by atoms with Crippen LogP contribution in [0.25, 0.3) is 10.8 Å². The van der Waals surface area contributed by atoms with Gasteiger partial charge in [-0.3, -0.25) is 4.98 Å². The van der Waals surface area contributed by atoms with Crippen molar-refractivity contribution in [3.8, 4) is 0 Å².